The van der Waals surface area contributed by atoms with Crippen molar-refractivity contribution in [1.82, 2.24) is 19.5 Å². The van der Waals surface area contributed by atoms with Crippen LogP contribution in [0.5, 0.6) is 0 Å². The molecule has 15 nitrogen and oxygen atoms in total. The molecule has 2 aromatic heterocycles. The summed E-state index contributed by atoms with van der Waals surface area (Å²) in [6.45, 7) is -1.25. The lowest BCUT2D eigenvalue weighted by Gasteiger charge is -2.19. The van der Waals surface area contributed by atoms with Crippen LogP contribution in [0.2, 0.25) is 0 Å². The number of imidazole rings is 1. The van der Waals surface area contributed by atoms with Gasteiger partial charge in [-0.25, -0.2) is 9.99 Å². The van der Waals surface area contributed by atoms with Crippen LogP contribution >= 0.6 is 0 Å². The van der Waals surface area contributed by atoms with Gasteiger partial charge in [0.1, 0.15) is 42.1 Å². The van der Waals surface area contributed by atoms with Crippen LogP contribution in [-0.2, 0) is 4.74 Å². The zero-order chi connectivity index (χ0) is 22.9. The topological polar surface area (TPSA) is 236 Å². The van der Waals surface area contributed by atoms with Crippen LogP contribution in [-0.4, -0.2) is 118 Å². The van der Waals surface area contributed by atoms with Crippen LogP contribution in [0.1, 0.15) is 6.23 Å². The molecule has 7 atom stereocenters. The maximum atomic E-state index is 10.3. The molecule has 0 spiro atoms. The second-order valence-electron chi connectivity index (χ2n) is 6.98. The number of aliphatic hydroxyl groups excluding tert-OH is 7. The molecule has 2 aromatic rings. The summed E-state index contributed by atoms with van der Waals surface area (Å²) in [4.78, 5) is 12.4. The Balaban J connectivity index is 1.88. The molecule has 0 bridgehead atoms. The minimum Gasteiger partial charge on any atom is -0.394 e. The summed E-state index contributed by atoms with van der Waals surface area (Å²) in [6, 6.07) is 0. The zero-order valence-corrected chi connectivity index (χ0v) is 16.4. The van der Waals surface area contributed by atoms with E-state index in [-0.39, 0.29) is 22.9 Å². The highest BCUT2D eigenvalue weighted by atomic mass is 16.6. The minimum atomic E-state index is -1.66. The molecule has 1 aliphatic rings. The average molecular weight is 443 g/mol. The van der Waals surface area contributed by atoms with Gasteiger partial charge in [-0.2, -0.15) is 15.1 Å². The number of hydrogen-bond donors (Lipinski definition) is 8. The number of hydrazone groups is 1. The van der Waals surface area contributed by atoms with Crippen LogP contribution in [0.4, 0.5) is 11.8 Å². The minimum absolute atomic E-state index is 0.0242. The molecule has 3 rings (SSSR count). The maximum absolute atomic E-state index is 10.3. The summed E-state index contributed by atoms with van der Waals surface area (Å²) < 4.78 is 6.82. The molecule has 0 aromatic carbocycles. The monoisotopic (exact) mass is 443 g/mol. The molecule has 0 unspecified atom stereocenters. The fourth-order valence-corrected chi connectivity index (χ4v) is 3.01. The van der Waals surface area contributed by atoms with Gasteiger partial charge < -0.3 is 46.2 Å². The molecule has 1 saturated heterocycles. The van der Waals surface area contributed by atoms with Crippen molar-refractivity contribution in [3.63, 3.8) is 0 Å². The number of fused-ring (bicyclic) bond motifs is 1. The van der Waals surface area contributed by atoms with Crippen molar-refractivity contribution in [2.45, 2.75) is 42.9 Å². The van der Waals surface area contributed by atoms with Gasteiger partial charge in [-0.3, -0.25) is 4.57 Å². The summed E-state index contributed by atoms with van der Waals surface area (Å²) in [5.74, 6) is -0.0667. The highest BCUT2D eigenvalue weighted by molar-refractivity contribution is 5.83. The van der Waals surface area contributed by atoms with Crippen molar-refractivity contribution in [1.29, 1.82) is 0 Å². The van der Waals surface area contributed by atoms with Gasteiger partial charge in [-0.05, 0) is 0 Å². The largest absolute Gasteiger partial charge is 0.394 e. The Morgan fingerprint density at radius 3 is 2.58 bits per heavy atom. The van der Waals surface area contributed by atoms with Crippen LogP contribution in [0.15, 0.2) is 11.4 Å². The number of nitrogens with zero attached hydrogens (tertiary/aromatic N) is 6. The Morgan fingerprint density at radius 1 is 1.26 bits per heavy atom. The predicted octanol–water partition coefficient (Wildman–Crippen LogP) is -4.48. The summed E-state index contributed by atoms with van der Waals surface area (Å²) in [5, 5.41) is 72.2. The molecule has 31 heavy (non-hydrogen) atoms. The first-order valence-electron chi connectivity index (χ1n) is 9.25. The van der Waals surface area contributed by atoms with Gasteiger partial charge in [0.2, 0.25) is 5.95 Å². The Kier molecular flexibility index (Phi) is 6.97. The highest BCUT2D eigenvalue weighted by Crippen LogP contribution is 2.32. The second-order valence-corrected chi connectivity index (χ2v) is 6.98. The van der Waals surface area contributed by atoms with E-state index in [9.17, 15) is 30.6 Å². The van der Waals surface area contributed by atoms with Gasteiger partial charge in [0.05, 0.1) is 25.8 Å². The van der Waals surface area contributed by atoms with Crippen LogP contribution in [0.25, 0.3) is 11.2 Å². The first-order chi connectivity index (χ1) is 14.7. The van der Waals surface area contributed by atoms with E-state index in [1.165, 1.54) is 17.9 Å². The molecule has 172 valence electrons. The van der Waals surface area contributed by atoms with E-state index < -0.39 is 56.1 Å². The van der Waals surface area contributed by atoms with E-state index in [1.54, 1.807) is 0 Å². The van der Waals surface area contributed by atoms with Gasteiger partial charge in [0.15, 0.2) is 17.7 Å². The molecule has 15 heteroatoms. The number of aliphatic hydroxyl groups is 7. The average Bonchev–Trinajstić information content (AvgIpc) is 3.31. The molecule has 0 aliphatic carbocycles. The van der Waals surface area contributed by atoms with E-state index in [4.69, 9.17) is 15.6 Å². The Bertz CT molecular complexity index is 927. The summed E-state index contributed by atoms with van der Waals surface area (Å²) in [6.07, 6.45) is -7.37. The summed E-state index contributed by atoms with van der Waals surface area (Å²) >= 11 is 0. The summed E-state index contributed by atoms with van der Waals surface area (Å²) in [7, 11) is 1.42. The smallest absolute Gasteiger partial charge is 0.250 e. The van der Waals surface area contributed by atoms with E-state index in [1.807, 2.05) is 0 Å². The van der Waals surface area contributed by atoms with Gasteiger partial charge >= 0.3 is 0 Å². The Hall–Kier alpha value is -2.50. The quantitative estimate of drug-likeness (QED) is 0.142. The lowest BCUT2D eigenvalue weighted by Crippen LogP contribution is -2.40. The molecule has 3 heterocycles. The van der Waals surface area contributed by atoms with E-state index >= 15 is 0 Å². The molecule has 0 amide bonds. The number of aromatic nitrogens is 4. The van der Waals surface area contributed by atoms with E-state index in [0.29, 0.717) is 0 Å². The van der Waals surface area contributed by atoms with Gasteiger partial charge in [0.25, 0.3) is 0 Å². The van der Waals surface area contributed by atoms with Crippen molar-refractivity contribution >= 4 is 29.1 Å². The third-order valence-electron chi connectivity index (χ3n) is 4.84. The van der Waals surface area contributed by atoms with Gasteiger partial charge in [-0.15, -0.1) is 0 Å². The SMILES string of the molecule is CN(/N=C/[C@@H](O)[C@@H](O)[C@@H](O)CO)c1nc(N)c2ncn([C@@H]3O[C@H](CO)[C@@H](O)[C@H]3O)c2n1. The van der Waals surface area contributed by atoms with Gasteiger partial charge in [0, 0.05) is 7.05 Å². The first kappa shape index (κ1) is 23.2. The molecular weight excluding hydrogens is 418 g/mol. The molecular formula is C16H25N7O8. The first-order valence-corrected chi connectivity index (χ1v) is 9.25. The summed E-state index contributed by atoms with van der Waals surface area (Å²) in [5.41, 5.74) is 6.28. The third-order valence-corrected chi connectivity index (χ3v) is 4.84. The molecule has 0 radical (unpaired) electrons. The zero-order valence-electron chi connectivity index (χ0n) is 16.4. The fraction of sp³-hybridized carbons (Fsp3) is 0.625. The number of ether oxygens (including phenoxy) is 1. The third kappa shape index (κ3) is 4.43. The number of hydrogen-bond acceptors (Lipinski definition) is 14. The lowest BCUT2D eigenvalue weighted by molar-refractivity contribution is -0.0541. The van der Waals surface area contributed by atoms with Crippen LogP contribution in [0.3, 0.4) is 0 Å². The maximum Gasteiger partial charge on any atom is 0.250 e. The van der Waals surface area contributed by atoms with Crippen LogP contribution < -0.4 is 10.7 Å². The predicted molar refractivity (Wildman–Crippen MR) is 105 cm³/mol. The molecule has 1 fully saturated rings. The number of rotatable bonds is 8. The van der Waals surface area contributed by atoms with E-state index in [2.05, 4.69) is 20.1 Å². The molecule has 1 aliphatic heterocycles. The second kappa shape index (κ2) is 9.33. The van der Waals surface area contributed by atoms with Crippen molar-refractivity contribution in [2.75, 3.05) is 31.0 Å². The number of nitrogen functional groups attached to an aromatic ring is 1. The number of nitrogens with two attached hydrogens (primary N) is 1. The van der Waals surface area contributed by atoms with Gasteiger partial charge in [-0.1, -0.05) is 0 Å². The van der Waals surface area contributed by atoms with Crippen LogP contribution in [0, 0.1) is 0 Å². The lowest BCUT2D eigenvalue weighted by atomic mass is 10.1. The molecule has 9 N–H and O–H groups in total. The van der Waals surface area contributed by atoms with Crippen molar-refractivity contribution in [3.8, 4) is 0 Å². The van der Waals surface area contributed by atoms with Crippen molar-refractivity contribution in [2.24, 2.45) is 5.10 Å². The molecule has 0 saturated carbocycles. The van der Waals surface area contributed by atoms with E-state index in [0.717, 1.165) is 11.2 Å². The van der Waals surface area contributed by atoms with Crippen molar-refractivity contribution < 1.29 is 40.5 Å². The normalized spacial score (nSPS) is 27.1. The van der Waals surface area contributed by atoms with Crippen molar-refractivity contribution in [3.05, 3.63) is 6.33 Å². The number of anilines is 2. The standard InChI is InChI=1S/C16H25N7O8/c1-22(19-2-6(26)10(28)7(27)3-24)16-20-13(17)9-14(21-16)23(5-18-9)15-12(30)11(29)8(4-25)31-15/h2,5-8,10-12,15,24-30H,3-4H2,1H3,(H2,17,20,21)/b19-2+/t6-,7+,8-,10-,11-,12-,15-/m1/s1. The Labute approximate surface area is 175 Å². The fourth-order valence-electron chi connectivity index (χ4n) is 3.01. The highest BCUT2D eigenvalue weighted by Gasteiger charge is 2.44. The Morgan fingerprint density at radius 2 is 1.97 bits per heavy atom.